The number of hydrogen-bond acceptors (Lipinski definition) is 4. The van der Waals surface area contributed by atoms with Crippen molar-refractivity contribution in [2.24, 2.45) is 0 Å². The first-order chi connectivity index (χ1) is 6.44. The largest absolute Gasteiger partial charge is 0.494 e. The van der Waals surface area contributed by atoms with Gasteiger partial charge in [0.05, 0.1) is 7.11 Å². The molecular formula is C10H17N3O. The molecule has 1 aromatic rings. The number of pyridine rings is 1. The van der Waals surface area contributed by atoms with Crippen molar-refractivity contribution in [3.8, 4) is 5.75 Å². The molecule has 4 heteroatoms. The average molecular weight is 195 g/mol. The third-order valence-corrected chi connectivity index (χ3v) is 1.66. The van der Waals surface area contributed by atoms with Crippen LogP contribution >= 0.6 is 0 Å². The number of rotatable bonds is 2. The van der Waals surface area contributed by atoms with Gasteiger partial charge in [-0.2, -0.15) is 0 Å². The Bertz CT molecular complexity index is 318. The van der Waals surface area contributed by atoms with Gasteiger partial charge < -0.3 is 15.8 Å². The van der Waals surface area contributed by atoms with Crippen LogP contribution in [0.2, 0.25) is 0 Å². The minimum Gasteiger partial charge on any atom is -0.494 e. The van der Waals surface area contributed by atoms with Crippen LogP contribution in [0.25, 0.3) is 0 Å². The number of nitrogens with one attached hydrogen (secondary N) is 1. The second-order valence-electron chi connectivity index (χ2n) is 4.15. The maximum Gasteiger partial charge on any atom is 0.153 e. The van der Waals surface area contributed by atoms with Gasteiger partial charge in [-0.05, 0) is 20.8 Å². The Morgan fingerprint density at radius 1 is 1.43 bits per heavy atom. The highest BCUT2D eigenvalue weighted by Gasteiger charge is 2.14. The van der Waals surface area contributed by atoms with E-state index in [0.717, 1.165) is 0 Å². The predicted molar refractivity (Wildman–Crippen MR) is 58.6 cm³/mol. The molecule has 0 unspecified atom stereocenters. The first-order valence-electron chi connectivity index (χ1n) is 4.50. The van der Waals surface area contributed by atoms with E-state index in [0.29, 0.717) is 17.3 Å². The van der Waals surface area contributed by atoms with Gasteiger partial charge in [0.1, 0.15) is 11.4 Å². The van der Waals surface area contributed by atoms with Crippen molar-refractivity contribution in [2.75, 3.05) is 18.2 Å². The van der Waals surface area contributed by atoms with Crippen LogP contribution in [0, 0.1) is 0 Å². The van der Waals surface area contributed by atoms with Crippen molar-refractivity contribution >= 4 is 11.5 Å². The van der Waals surface area contributed by atoms with Crippen LogP contribution in [-0.2, 0) is 0 Å². The Hall–Kier alpha value is -1.45. The molecule has 0 saturated carbocycles. The molecule has 1 heterocycles. The zero-order valence-corrected chi connectivity index (χ0v) is 9.09. The molecule has 0 saturated heterocycles. The summed E-state index contributed by atoms with van der Waals surface area (Å²) in [5.74, 6) is 1.31. The van der Waals surface area contributed by atoms with Crippen molar-refractivity contribution in [2.45, 2.75) is 26.3 Å². The highest BCUT2D eigenvalue weighted by Crippen LogP contribution is 2.28. The topological polar surface area (TPSA) is 60.2 Å². The summed E-state index contributed by atoms with van der Waals surface area (Å²) in [6.45, 7) is 6.15. The molecule has 3 N–H and O–H groups in total. The number of nitrogens with zero attached hydrogens (tertiary/aromatic N) is 1. The van der Waals surface area contributed by atoms with Gasteiger partial charge in [0.15, 0.2) is 5.82 Å². The number of nitrogen functional groups attached to an aromatic ring is 1. The molecule has 0 aliphatic rings. The van der Waals surface area contributed by atoms with Crippen LogP contribution in [0.1, 0.15) is 20.8 Å². The third-order valence-electron chi connectivity index (χ3n) is 1.66. The summed E-state index contributed by atoms with van der Waals surface area (Å²) < 4.78 is 5.10. The van der Waals surface area contributed by atoms with Gasteiger partial charge in [0.25, 0.3) is 0 Å². The lowest BCUT2D eigenvalue weighted by Gasteiger charge is -2.22. The molecule has 0 amide bonds. The minimum absolute atomic E-state index is 0.0620. The minimum atomic E-state index is -0.0620. The summed E-state index contributed by atoms with van der Waals surface area (Å²) in [7, 11) is 1.59. The van der Waals surface area contributed by atoms with Gasteiger partial charge in [-0.25, -0.2) is 4.98 Å². The quantitative estimate of drug-likeness (QED) is 0.756. The lowest BCUT2D eigenvalue weighted by molar-refractivity contribution is 0.416. The normalized spacial score (nSPS) is 11.1. The number of hydrogen-bond donors (Lipinski definition) is 2. The highest BCUT2D eigenvalue weighted by molar-refractivity contribution is 5.69. The van der Waals surface area contributed by atoms with E-state index < -0.39 is 0 Å². The molecule has 0 bridgehead atoms. The van der Waals surface area contributed by atoms with Gasteiger partial charge in [-0.1, -0.05) is 0 Å². The summed E-state index contributed by atoms with van der Waals surface area (Å²) >= 11 is 0. The summed E-state index contributed by atoms with van der Waals surface area (Å²) in [5, 5.41) is 3.21. The maximum atomic E-state index is 5.85. The van der Waals surface area contributed by atoms with Gasteiger partial charge >= 0.3 is 0 Å². The number of nitrogens with two attached hydrogens (primary N) is 1. The van der Waals surface area contributed by atoms with Crippen LogP contribution < -0.4 is 15.8 Å². The Morgan fingerprint density at radius 2 is 2.07 bits per heavy atom. The Balaban J connectivity index is 2.98. The van der Waals surface area contributed by atoms with Crippen LogP contribution in [0.4, 0.5) is 11.5 Å². The number of aromatic nitrogens is 1. The molecule has 0 fully saturated rings. The molecule has 1 aromatic heterocycles. The van der Waals surface area contributed by atoms with E-state index in [1.807, 2.05) is 20.8 Å². The molecule has 0 aliphatic carbocycles. The van der Waals surface area contributed by atoms with Crippen LogP contribution in [0.5, 0.6) is 5.75 Å². The van der Waals surface area contributed by atoms with E-state index in [2.05, 4.69) is 10.3 Å². The van der Waals surface area contributed by atoms with E-state index in [9.17, 15) is 0 Å². The summed E-state index contributed by atoms with van der Waals surface area (Å²) in [4.78, 5) is 4.16. The molecule has 0 spiro atoms. The molecule has 0 atom stereocenters. The monoisotopic (exact) mass is 195 g/mol. The zero-order chi connectivity index (χ0) is 10.8. The van der Waals surface area contributed by atoms with Crippen LogP contribution in [0.15, 0.2) is 12.3 Å². The summed E-state index contributed by atoms with van der Waals surface area (Å²) in [6, 6.07) is 1.74. The molecular weight excluding hydrogens is 178 g/mol. The summed E-state index contributed by atoms with van der Waals surface area (Å²) in [6.07, 6.45) is 1.67. The zero-order valence-electron chi connectivity index (χ0n) is 9.09. The number of anilines is 2. The van der Waals surface area contributed by atoms with E-state index >= 15 is 0 Å². The van der Waals surface area contributed by atoms with Crippen molar-refractivity contribution in [1.82, 2.24) is 4.98 Å². The molecule has 14 heavy (non-hydrogen) atoms. The van der Waals surface area contributed by atoms with Gasteiger partial charge in [0, 0.05) is 17.8 Å². The molecule has 78 valence electrons. The second kappa shape index (κ2) is 3.74. The first kappa shape index (κ1) is 10.6. The molecule has 0 radical (unpaired) electrons. The Morgan fingerprint density at radius 3 is 2.57 bits per heavy atom. The smallest absolute Gasteiger partial charge is 0.153 e. The molecule has 4 nitrogen and oxygen atoms in total. The van der Waals surface area contributed by atoms with E-state index in [1.54, 1.807) is 19.4 Å². The van der Waals surface area contributed by atoms with Gasteiger partial charge in [-0.15, -0.1) is 0 Å². The number of ether oxygens (including phenoxy) is 1. The standard InChI is InChI=1S/C10H17N3O/c1-10(2,3)13-9-8(11)7(14-4)5-6-12-9/h5-6H,11H2,1-4H3,(H,12,13). The molecule has 0 aliphatic heterocycles. The SMILES string of the molecule is COc1ccnc(NC(C)(C)C)c1N. The van der Waals surface area contributed by atoms with Crippen LogP contribution in [0.3, 0.4) is 0 Å². The van der Waals surface area contributed by atoms with E-state index in [-0.39, 0.29) is 5.54 Å². The first-order valence-corrected chi connectivity index (χ1v) is 4.50. The second-order valence-corrected chi connectivity index (χ2v) is 4.15. The molecule has 0 aromatic carbocycles. The van der Waals surface area contributed by atoms with E-state index in [4.69, 9.17) is 10.5 Å². The van der Waals surface area contributed by atoms with Gasteiger partial charge in [-0.3, -0.25) is 0 Å². The van der Waals surface area contributed by atoms with Gasteiger partial charge in [0.2, 0.25) is 0 Å². The van der Waals surface area contributed by atoms with Crippen molar-refractivity contribution in [1.29, 1.82) is 0 Å². The average Bonchev–Trinajstić information content (AvgIpc) is 2.06. The fraction of sp³-hybridized carbons (Fsp3) is 0.500. The third kappa shape index (κ3) is 2.52. The lowest BCUT2D eigenvalue weighted by Crippen LogP contribution is -2.27. The van der Waals surface area contributed by atoms with E-state index in [1.165, 1.54) is 0 Å². The fourth-order valence-corrected chi connectivity index (χ4v) is 1.09. The molecule has 1 rings (SSSR count). The summed E-state index contributed by atoms with van der Waals surface area (Å²) in [5.41, 5.74) is 6.34. The number of methoxy groups -OCH3 is 1. The Kier molecular flexibility index (Phi) is 2.84. The Labute approximate surface area is 84.5 Å². The van der Waals surface area contributed by atoms with Crippen molar-refractivity contribution < 1.29 is 4.74 Å². The van der Waals surface area contributed by atoms with Crippen molar-refractivity contribution in [3.05, 3.63) is 12.3 Å². The van der Waals surface area contributed by atoms with Crippen LogP contribution in [-0.4, -0.2) is 17.6 Å². The maximum absolute atomic E-state index is 5.85. The lowest BCUT2D eigenvalue weighted by atomic mass is 10.1. The highest BCUT2D eigenvalue weighted by atomic mass is 16.5. The van der Waals surface area contributed by atoms with Crippen molar-refractivity contribution in [3.63, 3.8) is 0 Å². The fourth-order valence-electron chi connectivity index (χ4n) is 1.09. The predicted octanol–water partition coefficient (Wildman–Crippen LogP) is 1.88.